The molecule has 1 atom stereocenters. The molecule has 1 aliphatic heterocycles. The van der Waals surface area contributed by atoms with E-state index in [0.29, 0.717) is 0 Å². The van der Waals surface area contributed by atoms with Crippen molar-refractivity contribution in [2.75, 3.05) is 0 Å². The van der Waals surface area contributed by atoms with Crippen molar-refractivity contribution in [1.29, 1.82) is 0 Å². The summed E-state index contributed by atoms with van der Waals surface area (Å²) in [5, 5.41) is 9.71. The summed E-state index contributed by atoms with van der Waals surface area (Å²) in [4.78, 5) is 9.85. The Hall–Kier alpha value is -0.120. The molecule has 0 aliphatic carbocycles. The van der Waals surface area contributed by atoms with Crippen LogP contribution in [0, 0.1) is 5.41 Å². The molecule has 0 bridgehead atoms. The van der Waals surface area contributed by atoms with Crippen molar-refractivity contribution in [2.45, 2.75) is 46.0 Å². The van der Waals surface area contributed by atoms with Gasteiger partial charge in [0.15, 0.2) is 0 Å². The van der Waals surface area contributed by atoms with E-state index in [1.807, 2.05) is 27.7 Å². The highest BCUT2D eigenvalue weighted by molar-refractivity contribution is 4.98. The zero-order valence-electron chi connectivity index (χ0n) is 7.76. The maximum Gasteiger partial charge on any atom is 0.204 e. The first-order valence-electron chi connectivity index (χ1n) is 3.80. The third-order valence-corrected chi connectivity index (χ3v) is 3.08. The number of aliphatic hydroxyl groups is 1. The minimum atomic E-state index is -1.20. The van der Waals surface area contributed by atoms with Gasteiger partial charge in [0.05, 0.1) is 5.41 Å². The molecule has 0 spiro atoms. The van der Waals surface area contributed by atoms with Gasteiger partial charge in [-0.3, -0.25) is 0 Å². The van der Waals surface area contributed by atoms with Crippen LogP contribution < -0.4 is 0 Å². The summed E-state index contributed by atoms with van der Waals surface area (Å²) in [6.07, 6.45) is 0. The predicted molar refractivity (Wildman–Crippen MR) is 40.7 cm³/mol. The fourth-order valence-electron chi connectivity index (χ4n) is 0.952. The molecule has 66 valence electrons. The maximum atomic E-state index is 9.71. The minimum absolute atomic E-state index is 0.403. The van der Waals surface area contributed by atoms with Crippen LogP contribution in [0.1, 0.15) is 34.6 Å². The molecule has 0 saturated carbocycles. The van der Waals surface area contributed by atoms with Gasteiger partial charge in [-0.25, -0.2) is 9.78 Å². The highest BCUT2D eigenvalue weighted by Gasteiger charge is 2.59. The molecule has 1 heterocycles. The normalized spacial score (nSPS) is 40.9. The minimum Gasteiger partial charge on any atom is -0.363 e. The van der Waals surface area contributed by atoms with Gasteiger partial charge in [-0.2, -0.15) is 0 Å². The highest BCUT2D eigenvalue weighted by Crippen LogP contribution is 2.49. The Bertz CT molecular complexity index is 152. The van der Waals surface area contributed by atoms with Crippen LogP contribution in [0.4, 0.5) is 0 Å². The molecule has 1 aliphatic rings. The van der Waals surface area contributed by atoms with Gasteiger partial charge in [-0.05, 0) is 20.8 Å². The molecule has 0 radical (unpaired) electrons. The summed E-state index contributed by atoms with van der Waals surface area (Å²) < 4.78 is 0. The van der Waals surface area contributed by atoms with E-state index in [4.69, 9.17) is 9.78 Å². The molecule has 0 aromatic rings. The number of hydrogen-bond acceptors (Lipinski definition) is 3. The van der Waals surface area contributed by atoms with E-state index < -0.39 is 16.8 Å². The Morgan fingerprint density at radius 2 is 1.36 bits per heavy atom. The zero-order valence-corrected chi connectivity index (χ0v) is 7.76. The monoisotopic (exact) mass is 160 g/mol. The molecule has 1 fully saturated rings. The SMILES string of the molecule is CC1(C)OOC(C)(O)C1(C)C. The molecule has 0 amide bonds. The Balaban J connectivity index is 3.00. The summed E-state index contributed by atoms with van der Waals surface area (Å²) in [6.45, 7) is 9.24. The number of hydrogen-bond donors (Lipinski definition) is 1. The molecule has 1 saturated heterocycles. The van der Waals surface area contributed by atoms with E-state index in [1.165, 1.54) is 0 Å². The summed E-state index contributed by atoms with van der Waals surface area (Å²) >= 11 is 0. The van der Waals surface area contributed by atoms with Crippen molar-refractivity contribution < 1.29 is 14.9 Å². The Morgan fingerprint density at radius 3 is 1.45 bits per heavy atom. The second kappa shape index (κ2) is 1.97. The number of rotatable bonds is 0. The lowest BCUT2D eigenvalue weighted by atomic mass is 9.72. The first-order chi connectivity index (χ1) is 4.71. The second-order valence-electron chi connectivity index (χ2n) is 4.28. The van der Waals surface area contributed by atoms with E-state index in [0.717, 1.165) is 0 Å². The van der Waals surface area contributed by atoms with Gasteiger partial charge < -0.3 is 5.11 Å². The van der Waals surface area contributed by atoms with Crippen LogP contribution in [0.3, 0.4) is 0 Å². The average Bonchev–Trinajstić information content (AvgIpc) is 1.93. The maximum absolute atomic E-state index is 9.71. The molecule has 3 heteroatoms. The molecular formula is C8H16O3. The summed E-state index contributed by atoms with van der Waals surface area (Å²) in [7, 11) is 0. The molecule has 0 aromatic carbocycles. The lowest BCUT2D eigenvalue weighted by Crippen LogP contribution is -2.47. The standard InChI is InChI=1S/C8H16O3/c1-6(2)7(3,4)10-11-8(6,5)9/h9H,1-5H3. The van der Waals surface area contributed by atoms with E-state index in [-0.39, 0.29) is 0 Å². The summed E-state index contributed by atoms with van der Waals surface area (Å²) in [5.41, 5.74) is -0.851. The van der Waals surface area contributed by atoms with Crippen LogP contribution in [0.5, 0.6) is 0 Å². The van der Waals surface area contributed by atoms with Crippen molar-refractivity contribution in [3.05, 3.63) is 0 Å². The van der Waals surface area contributed by atoms with Crippen molar-refractivity contribution in [1.82, 2.24) is 0 Å². The van der Waals surface area contributed by atoms with Gasteiger partial charge >= 0.3 is 0 Å². The van der Waals surface area contributed by atoms with Crippen LogP contribution in [0.25, 0.3) is 0 Å². The third kappa shape index (κ3) is 0.991. The Kier molecular flexibility index (Phi) is 1.61. The Morgan fingerprint density at radius 1 is 0.909 bits per heavy atom. The van der Waals surface area contributed by atoms with Gasteiger partial charge in [0, 0.05) is 0 Å². The topological polar surface area (TPSA) is 38.7 Å². The van der Waals surface area contributed by atoms with E-state index >= 15 is 0 Å². The Labute approximate surface area is 67.2 Å². The van der Waals surface area contributed by atoms with E-state index in [1.54, 1.807) is 6.92 Å². The molecule has 1 unspecified atom stereocenters. The first kappa shape index (κ1) is 8.97. The quantitative estimate of drug-likeness (QED) is 0.545. The van der Waals surface area contributed by atoms with Crippen LogP contribution in [-0.4, -0.2) is 16.5 Å². The largest absolute Gasteiger partial charge is 0.363 e. The van der Waals surface area contributed by atoms with Gasteiger partial charge in [-0.1, -0.05) is 13.8 Å². The van der Waals surface area contributed by atoms with Gasteiger partial charge in [0.1, 0.15) is 5.60 Å². The van der Waals surface area contributed by atoms with Crippen molar-refractivity contribution >= 4 is 0 Å². The fraction of sp³-hybridized carbons (Fsp3) is 1.00. The average molecular weight is 160 g/mol. The zero-order chi connectivity index (χ0) is 8.91. The fourth-order valence-corrected chi connectivity index (χ4v) is 0.952. The van der Waals surface area contributed by atoms with Gasteiger partial charge in [0.2, 0.25) is 5.79 Å². The van der Waals surface area contributed by atoms with Gasteiger partial charge in [0.25, 0.3) is 0 Å². The van der Waals surface area contributed by atoms with Crippen LogP contribution >= 0.6 is 0 Å². The van der Waals surface area contributed by atoms with Crippen molar-refractivity contribution in [2.24, 2.45) is 5.41 Å². The summed E-state index contributed by atoms with van der Waals surface area (Å²) in [6, 6.07) is 0. The third-order valence-electron chi connectivity index (χ3n) is 3.08. The van der Waals surface area contributed by atoms with E-state index in [9.17, 15) is 5.11 Å². The van der Waals surface area contributed by atoms with Gasteiger partial charge in [-0.15, -0.1) is 0 Å². The summed E-state index contributed by atoms with van der Waals surface area (Å²) in [5.74, 6) is -1.20. The van der Waals surface area contributed by atoms with Crippen molar-refractivity contribution in [3.8, 4) is 0 Å². The van der Waals surface area contributed by atoms with Crippen LogP contribution in [0.15, 0.2) is 0 Å². The molecule has 1 N–H and O–H groups in total. The van der Waals surface area contributed by atoms with Crippen LogP contribution in [-0.2, 0) is 9.78 Å². The molecule has 1 rings (SSSR count). The first-order valence-corrected chi connectivity index (χ1v) is 3.80. The molecule has 0 aromatic heterocycles. The van der Waals surface area contributed by atoms with Crippen molar-refractivity contribution in [3.63, 3.8) is 0 Å². The second-order valence-corrected chi connectivity index (χ2v) is 4.28. The lowest BCUT2D eigenvalue weighted by molar-refractivity contribution is -0.386. The van der Waals surface area contributed by atoms with E-state index in [2.05, 4.69) is 0 Å². The molecule has 11 heavy (non-hydrogen) atoms. The van der Waals surface area contributed by atoms with Crippen LogP contribution in [0.2, 0.25) is 0 Å². The highest BCUT2D eigenvalue weighted by atomic mass is 17.2. The lowest BCUT2D eigenvalue weighted by Gasteiger charge is -2.35. The molecule has 3 nitrogen and oxygen atoms in total. The molecular weight excluding hydrogens is 144 g/mol. The predicted octanol–water partition coefficient (Wildman–Crippen LogP) is 1.46. The smallest absolute Gasteiger partial charge is 0.204 e.